The molecule has 6 heteroatoms. The number of aliphatic carboxylic acids is 1. The van der Waals surface area contributed by atoms with Gasteiger partial charge in [-0.05, 0) is 36.1 Å². The summed E-state index contributed by atoms with van der Waals surface area (Å²) < 4.78 is 26.7. The average molecular weight is 309 g/mol. The SMILES string of the molecule is CCC1CCN(S(=O)(=O)c2cccc(/C=C/C(=O)O)c2)C1. The molecule has 1 aliphatic heterocycles. The van der Waals surface area contributed by atoms with Gasteiger partial charge in [0.25, 0.3) is 0 Å². The van der Waals surface area contributed by atoms with Gasteiger partial charge in [0.15, 0.2) is 0 Å². The number of benzene rings is 1. The molecule has 2 rings (SSSR count). The van der Waals surface area contributed by atoms with Crippen LogP contribution in [-0.4, -0.2) is 36.9 Å². The number of carboxylic acid groups (broad SMARTS) is 1. The lowest BCUT2D eigenvalue weighted by molar-refractivity contribution is -0.131. The summed E-state index contributed by atoms with van der Waals surface area (Å²) in [6, 6.07) is 6.36. The van der Waals surface area contributed by atoms with Gasteiger partial charge in [-0.2, -0.15) is 4.31 Å². The van der Waals surface area contributed by atoms with E-state index < -0.39 is 16.0 Å². The molecule has 0 radical (unpaired) electrons. The Balaban J connectivity index is 2.24. The summed E-state index contributed by atoms with van der Waals surface area (Å²) in [5.41, 5.74) is 0.560. The van der Waals surface area contributed by atoms with E-state index in [1.807, 2.05) is 0 Å². The van der Waals surface area contributed by atoms with Crippen LogP contribution in [0.2, 0.25) is 0 Å². The topological polar surface area (TPSA) is 74.7 Å². The van der Waals surface area contributed by atoms with Crippen molar-refractivity contribution in [2.45, 2.75) is 24.7 Å². The first kappa shape index (κ1) is 15.7. The smallest absolute Gasteiger partial charge is 0.328 e. The molecule has 0 saturated carbocycles. The first-order valence-corrected chi connectivity index (χ1v) is 8.38. The monoisotopic (exact) mass is 309 g/mol. The number of carboxylic acids is 1. The van der Waals surface area contributed by atoms with Crippen molar-refractivity contribution < 1.29 is 18.3 Å². The van der Waals surface area contributed by atoms with Crippen molar-refractivity contribution in [3.63, 3.8) is 0 Å². The van der Waals surface area contributed by atoms with Gasteiger partial charge >= 0.3 is 5.97 Å². The molecule has 1 fully saturated rings. The second-order valence-corrected chi connectivity index (χ2v) is 7.11. The Bertz CT molecular complexity index is 651. The molecule has 21 heavy (non-hydrogen) atoms. The zero-order valence-electron chi connectivity index (χ0n) is 11.9. The number of sulfonamides is 1. The van der Waals surface area contributed by atoms with Crippen molar-refractivity contribution in [2.75, 3.05) is 13.1 Å². The third-order valence-electron chi connectivity index (χ3n) is 3.74. The van der Waals surface area contributed by atoms with E-state index in [1.54, 1.807) is 18.2 Å². The summed E-state index contributed by atoms with van der Waals surface area (Å²) >= 11 is 0. The van der Waals surface area contributed by atoms with E-state index in [2.05, 4.69) is 6.92 Å². The highest BCUT2D eigenvalue weighted by molar-refractivity contribution is 7.89. The molecule has 0 aromatic heterocycles. The maximum atomic E-state index is 12.6. The lowest BCUT2D eigenvalue weighted by atomic mass is 10.1. The lowest BCUT2D eigenvalue weighted by Crippen LogP contribution is -2.28. The van der Waals surface area contributed by atoms with Crippen LogP contribution in [0.4, 0.5) is 0 Å². The second-order valence-electron chi connectivity index (χ2n) is 5.17. The van der Waals surface area contributed by atoms with Gasteiger partial charge in [0.1, 0.15) is 0 Å². The van der Waals surface area contributed by atoms with Gasteiger partial charge in [0.05, 0.1) is 4.90 Å². The molecule has 1 aliphatic rings. The third kappa shape index (κ3) is 3.71. The minimum absolute atomic E-state index is 0.215. The van der Waals surface area contributed by atoms with Crippen LogP contribution in [0.15, 0.2) is 35.2 Å². The Morgan fingerprint density at radius 3 is 2.86 bits per heavy atom. The molecule has 1 unspecified atom stereocenters. The molecule has 1 saturated heterocycles. The van der Waals surface area contributed by atoms with Crippen molar-refractivity contribution in [3.05, 3.63) is 35.9 Å². The van der Waals surface area contributed by atoms with Crippen LogP contribution in [0.1, 0.15) is 25.3 Å². The Hall–Kier alpha value is -1.66. The first-order valence-electron chi connectivity index (χ1n) is 6.94. The minimum Gasteiger partial charge on any atom is -0.478 e. The van der Waals surface area contributed by atoms with E-state index >= 15 is 0 Å². The predicted octanol–water partition coefficient (Wildman–Crippen LogP) is 2.21. The van der Waals surface area contributed by atoms with Crippen molar-refractivity contribution in [2.24, 2.45) is 5.92 Å². The molecule has 0 aliphatic carbocycles. The molecule has 1 N–H and O–H groups in total. The highest BCUT2D eigenvalue weighted by Crippen LogP contribution is 2.26. The lowest BCUT2D eigenvalue weighted by Gasteiger charge is -2.16. The zero-order valence-corrected chi connectivity index (χ0v) is 12.7. The summed E-state index contributed by atoms with van der Waals surface area (Å²) in [5, 5.41) is 8.62. The number of hydrogen-bond donors (Lipinski definition) is 1. The van der Waals surface area contributed by atoms with E-state index in [4.69, 9.17) is 5.11 Å². The number of carbonyl (C=O) groups is 1. The Labute approximate surface area is 124 Å². The Morgan fingerprint density at radius 1 is 1.48 bits per heavy atom. The van der Waals surface area contributed by atoms with E-state index in [0.717, 1.165) is 18.9 Å². The van der Waals surface area contributed by atoms with Crippen molar-refractivity contribution >= 4 is 22.1 Å². The molecule has 1 aromatic carbocycles. The molecule has 114 valence electrons. The van der Waals surface area contributed by atoms with Crippen LogP contribution in [0.25, 0.3) is 6.08 Å². The van der Waals surface area contributed by atoms with Crippen LogP contribution in [-0.2, 0) is 14.8 Å². The van der Waals surface area contributed by atoms with Crippen LogP contribution in [0.3, 0.4) is 0 Å². The van der Waals surface area contributed by atoms with E-state index in [1.165, 1.54) is 16.4 Å². The Morgan fingerprint density at radius 2 is 2.24 bits per heavy atom. The van der Waals surface area contributed by atoms with Crippen LogP contribution >= 0.6 is 0 Å². The quantitative estimate of drug-likeness (QED) is 0.846. The number of hydrogen-bond acceptors (Lipinski definition) is 3. The van der Waals surface area contributed by atoms with Crippen LogP contribution in [0, 0.1) is 5.92 Å². The largest absolute Gasteiger partial charge is 0.478 e. The molecule has 1 heterocycles. The standard InChI is InChI=1S/C15H19NO4S/c1-2-12-8-9-16(11-12)21(19,20)14-5-3-4-13(10-14)6-7-15(17)18/h3-7,10,12H,2,8-9,11H2,1H3,(H,17,18)/b7-6+. The average Bonchev–Trinajstić information content (AvgIpc) is 2.95. The van der Waals surface area contributed by atoms with Gasteiger partial charge in [-0.15, -0.1) is 0 Å². The fraction of sp³-hybridized carbons (Fsp3) is 0.400. The van der Waals surface area contributed by atoms with Crippen molar-refractivity contribution in [1.29, 1.82) is 0 Å². The summed E-state index contributed by atoms with van der Waals surface area (Å²) in [6.45, 7) is 3.18. The third-order valence-corrected chi connectivity index (χ3v) is 5.60. The molecular formula is C15H19NO4S. The first-order chi connectivity index (χ1) is 9.93. The maximum Gasteiger partial charge on any atom is 0.328 e. The summed E-state index contributed by atoms with van der Waals surface area (Å²) in [6.07, 6.45) is 4.26. The van der Waals surface area contributed by atoms with Crippen molar-refractivity contribution in [3.8, 4) is 0 Å². The van der Waals surface area contributed by atoms with Crippen molar-refractivity contribution in [1.82, 2.24) is 4.31 Å². The fourth-order valence-corrected chi connectivity index (χ4v) is 4.03. The van der Waals surface area contributed by atoms with Gasteiger partial charge in [0, 0.05) is 19.2 Å². The molecule has 1 aromatic rings. The van der Waals surface area contributed by atoms with Gasteiger partial charge in [-0.1, -0.05) is 25.5 Å². The van der Waals surface area contributed by atoms with Crippen LogP contribution < -0.4 is 0 Å². The molecule has 5 nitrogen and oxygen atoms in total. The van der Waals surface area contributed by atoms with Gasteiger partial charge in [0.2, 0.25) is 10.0 Å². The molecule has 1 atom stereocenters. The highest BCUT2D eigenvalue weighted by atomic mass is 32.2. The van der Waals surface area contributed by atoms with E-state index in [0.29, 0.717) is 24.6 Å². The summed E-state index contributed by atoms with van der Waals surface area (Å²) in [7, 11) is -3.49. The highest BCUT2D eigenvalue weighted by Gasteiger charge is 2.31. The van der Waals surface area contributed by atoms with Crippen LogP contribution in [0.5, 0.6) is 0 Å². The number of rotatable bonds is 5. The number of nitrogens with zero attached hydrogens (tertiary/aromatic N) is 1. The Kier molecular flexibility index (Phi) is 4.80. The zero-order chi connectivity index (χ0) is 15.5. The molecular weight excluding hydrogens is 290 g/mol. The molecule has 0 bridgehead atoms. The van der Waals surface area contributed by atoms with E-state index in [-0.39, 0.29) is 4.90 Å². The minimum atomic E-state index is -3.49. The maximum absolute atomic E-state index is 12.6. The van der Waals surface area contributed by atoms with Gasteiger partial charge < -0.3 is 5.11 Å². The van der Waals surface area contributed by atoms with Gasteiger partial charge in [-0.3, -0.25) is 0 Å². The van der Waals surface area contributed by atoms with Gasteiger partial charge in [-0.25, -0.2) is 13.2 Å². The molecule has 0 amide bonds. The second kappa shape index (κ2) is 6.41. The van der Waals surface area contributed by atoms with E-state index in [9.17, 15) is 13.2 Å². The summed E-state index contributed by atoms with van der Waals surface area (Å²) in [4.78, 5) is 10.7. The molecule has 0 spiro atoms. The fourth-order valence-electron chi connectivity index (χ4n) is 2.44. The summed E-state index contributed by atoms with van der Waals surface area (Å²) in [5.74, 6) is -0.636. The normalized spacial score (nSPS) is 20.1. The predicted molar refractivity (Wildman–Crippen MR) is 80.3 cm³/mol.